The number of benzene rings is 1. The van der Waals surface area contributed by atoms with Crippen LogP contribution in [-0.2, 0) is 13.0 Å². The second kappa shape index (κ2) is 6.16. The van der Waals surface area contributed by atoms with Crippen LogP contribution in [0.1, 0.15) is 23.0 Å². The van der Waals surface area contributed by atoms with Gasteiger partial charge in [0, 0.05) is 6.54 Å². The number of phenols is 1. The molecule has 1 amide bonds. The molecule has 1 aromatic carbocycles. The Hall–Kier alpha value is -2.41. The molecule has 1 aromatic heterocycles. The number of rotatable bonds is 5. The van der Waals surface area contributed by atoms with Gasteiger partial charge in [0.2, 0.25) is 0 Å². The van der Waals surface area contributed by atoms with E-state index in [4.69, 9.17) is 5.73 Å². The molecule has 0 saturated heterocycles. The van der Waals surface area contributed by atoms with E-state index < -0.39 is 5.91 Å². The number of amides is 1. The lowest BCUT2D eigenvalue weighted by atomic mass is 10.1. The molecule has 0 unspecified atom stereocenters. The molecule has 0 saturated carbocycles. The number of carbonyl (C=O) groups is 1. The van der Waals surface area contributed by atoms with Gasteiger partial charge in [-0.3, -0.25) is 9.48 Å². The first kappa shape index (κ1) is 14.0. The Morgan fingerprint density at radius 3 is 3.00 bits per heavy atom. The molecule has 4 N–H and O–H groups in total. The highest BCUT2D eigenvalue weighted by molar-refractivity contribution is 6.03. The van der Waals surface area contributed by atoms with Crippen LogP contribution >= 0.6 is 0 Å². The molecule has 1 heterocycles. The van der Waals surface area contributed by atoms with Crippen molar-refractivity contribution in [3.05, 3.63) is 35.7 Å². The quantitative estimate of drug-likeness (QED) is 0.698. The molecule has 0 aliphatic carbocycles. The van der Waals surface area contributed by atoms with Gasteiger partial charge < -0.3 is 16.2 Å². The maximum atomic E-state index is 12.0. The van der Waals surface area contributed by atoms with E-state index in [1.165, 1.54) is 10.9 Å². The maximum absolute atomic E-state index is 12.0. The number of aryl methyl sites for hydroxylation is 1. The molecule has 2 rings (SSSR count). The summed E-state index contributed by atoms with van der Waals surface area (Å²) in [6.07, 6.45) is 2.33. The van der Waals surface area contributed by atoms with Gasteiger partial charge in [-0.25, -0.2) is 0 Å². The summed E-state index contributed by atoms with van der Waals surface area (Å²) in [5.41, 5.74) is 6.96. The maximum Gasteiger partial charge on any atom is 0.277 e. The summed E-state index contributed by atoms with van der Waals surface area (Å²) in [6.45, 7) is 2.91. The normalized spacial score (nSPS) is 10.5. The molecule has 0 fully saturated rings. The molecule has 0 radical (unpaired) electrons. The summed E-state index contributed by atoms with van der Waals surface area (Å²) in [4.78, 5) is 12.0. The number of nitrogens with two attached hydrogens (primary N) is 1. The summed E-state index contributed by atoms with van der Waals surface area (Å²) in [5.74, 6) is -0.401. The van der Waals surface area contributed by atoms with Crippen molar-refractivity contribution in [1.82, 2.24) is 15.0 Å². The lowest BCUT2D eigenvalue weighted by Crippen LogP contribution is -2.13. The highest BCUT2D eigenvalue weighted by atomic mass is 16.3. The molecule has 2 aromatic rings. The van der Waals surface area contributed by atoms with Crippen LogP contribution in [0, 0.1) is 0 Å². The molecule has 0 aliphatic rings. The zero-order valence-corrected chi connectivity index (χ0v) is 11.2. The summed E-state index contributed by atoms with van der Waals surface area (Å²) >= 11 is 0. The molecule has 0 spiro atoms. The van der Waals surface area contributed by atoms with E-state index >= 15 is 0 Å². The zero-order chi connectivity index (χ0) is 14.5. The Kier molecular flexibility index (Phi) is 4.31. The third-order valence-corrected chi connectivity index (χ3v) is 2.85. The number of aromatic hydroxyl groups is 1. The van der Waals surface area contributed by atoms with Gasteiger partial charge in [0.15, 0.2) is 5.69 Å². The standard InChI is InChI=1S/C13H17N5O2/c1-2-9-3-4-12(19)10(7-9)15-13(20)11-8-18(6-5-14)17-16-11/h3-4,7-8,19H,2,5-6,14H2,1H3,(H,15,20). The van der Waals surface area contributed by atoms with Gasteiger partial charge >= 0.3 is 0 Å². The summed E-state index contributed by atoms with van der Waals surface area (Å²) in [6, 6.07) is 5.10. The smallest absolute Gasteiger partial charge is 0.277 e. The van der Waals surface area contributed by atoms with Gasteiger partial charge in [0.25, 0.3) is 5.91 Å². The number of hydrogen-bond donors (Lipinski definition) is 3. The van der Waals surface area contributed by atoms with E-state index in [2.05, 4.69) is 15.6 Å². The fourth-order valence-corrected chi connectivity index (χ4v) is 1.73. The number of anilines is 1. The molecular formula is C13H17N5O2. The van der Waals surface area contributed by atoms with Crippen LogP contribution < -0.4 is 11.1 Å². The van der Waals surface area contributed by atoms with Crippen molar-refractivity contribution in [1.29, 1.82) is 0 Å². The van der Waals surface area contributed by atoms with Crippen molar-refractivity contribution in [3.8, 4) is 5.75 Å². The number of phenolic OH excluding ortho intramolecular Hbond substituents is 1. The van der Waals surface area contributed by atoms with E-state index in [1.54, 1.807) is 12.1 Å². The van der Waals surface area contributed by atoms with Crippen LogP contribution in [0.5, 0.6) is 5.75 Å². The minimum atomic E-state index is -0.420. The second-order valence-electron chi connectivity index (χ2n) is 4.31. The Morgan fingerprint density at radius 2 is 2.30 bits per heavy atom. The summed E-state index contributed by atoms with van der Waals surface area (Å²) < 4.78 is 1.50. The van der Waals surface area contributed by atoms with Gasteiger partial charge in [-0.2, -0.15) is 0 Å². The molecule has 7 heteroatoms. The minimum absolute atomic E-state index is 0.0184. The van der Waals surface area contributed by atoms with Gasteiger partial charge in [-0.15, -0.1) is 5.10 Å². The SMILES string of the molecule is CCc1ccc(O)c(NC(=O)c2cn(CCN)nn2)c1. The van der Waals surface area contributed by atoms with E-state index in [1.807, 2.05) is 13.0 Å². The average molecular weight is 275 g/mol. The van der Waals surface area contributed by atoms with Gasteiger partial charge in [0.1, 0.15) is 5.75 Å². The van der Waals surface area contributed by atoms with Crippen molar-refractivity contribution in [2.75, 3.05) is 11.9 Å². The first-order chi connectivity index (χ1) is 9.63. The first-order valence-corrected chi connectivity index (χ1v) is 6.37. The van der Waals surface area contributed by atoms with Crippen LogP contribution in [0.4, 0.5) is 5.69 Å². The average Bonchev–Trinajstić information content (AvgIpc) is 2.90. The lowest BCUT2D eigenvalue weighted by molar-refractivity contribution is 0.102. The fourth-order valence-electron chi connectivity index (χ4n) is 1.73. The number of nitrogens with zero attached hydrogens (tertiary/aromatic N) is 3. The third-order valence-electron chi connectivity index (χ3n) is 2.85. The topological polar surface area (TPSA) is 106 Å². The highest BCUT2D eigenvalue weighted by Gasteiger charge is 2.13. The van der Waals surface area contributed by atoms with Crippen LogP contribution in [0.25, 0.3) is 0 Å². The predicted octanol–water partition coefficient (Wildman–Crippen LogP) is 0.757. The van der Waals surface area contributed by atoms with Crippen molar-refractivity contribution < 1.29 is 9.90 Å². The van der Waals surface area contributed by atoms with Crippen LogP contribution in [0.3, 0.4) is 0 Å². The molecule has 106 valence electrons. The molecule has 0 aliphatic heterocycles. The summed E-state index contributed by atoms with van der Waals surface area (Å²) in [5, 5.41) is 19.9. The van der Waals surface area contributed by atoms with Crippen molar-refractivity contribution in [3.63, 3.8) is 0 Å². The molecule has 7 nitrogen and oxygen atoms in total. The molecule has 0 atom stereocenters. The number of nitrogens with one attached hydrogen (secondary N) is 1. The van der Waals surface area contributed by atoms with Crippen LogP contribution in [0.2, 0.25) is 0 Å². The minimum Gasteiger partial charge on any atom is -0.506 e. The highest BCUT2D eigenvalue weighted by Crippen LogP contribution is 2.24. The predicted molar refractivity (Wildman–Crippen MR) is 74.5 cm³/mol. The van der Waals surface area contributed by atoms with Crippen LogP contribution in [0.15, 0.2) is 24.4 Å². The number of carbonyl (C=O) groups excluding carboxylic acids is 1. The van der Waals surface area contributed by atoms with E-state index in [0.29, 0.717) is 18.8 Å². The monoisotopic (exact) mass is 275 g/mol. The van der Waals surface area contributed by atoms with Gasteiger partial charge in [0.05, 0.1) is 18.4 Å². The lowest BCUT2D eigenvalue weighted by Gasteiger charge is -2.07. The number of hydrogen-bond acceptors (Lipinski definition) is 5. The van der Waals surface area contributed by atoms with Crippen molar-refractivity contribution in [2.45, 2.75) is 19.9 Å². The van der Waals surface area contributed by atoms with Crippen molar-refractivity contribution >= 4 is 11.6 Å². The van der Waals surface area contributed by atoms with Crippen LogP contribution in [-0.4, -0.2) is 32.6 Å². The van der Waals surface area contributed by atoms with E-state index in [0.717, 1.165) is 12.0 Å². The molecular weight excluding hydrogens is 258 g/mol. The zero-order valence-electron chi connectivity index (χ0n) is 11.2. The van der Waals surface area contributed by atoms with Crippen molar-refractivity contribution in [2.24, 2.45) is 5.73 Å². The third kappa shape index (κ3) is 3.12. The fraction of sp³-hybridized carbons (Fsp3) is 0.308. The number of aromatic nitrogens is 3. The van der Waals surface area contributed by atoms with E-state index in [9.17, 15) is 9.90 Å². The first-order valence-electron chi connectivity index (χ1n) is 6.37. The summed E-state index contributed by atoms with van der Waals surface area (Å²) in [7, 11) is 0. The largest absolute Gasteiger partial charge is 0.506 e. The van der Waals surface area contributed by atoms with Gasteiger partial charge in [-0.1, -0.05) is 18.2 Å². The Morgan fingerprint density at radius 1 is 1.50 bits per heavy atom. The Bertz CT molecular complexity index is 609. The van der Waals surface area contributed by atoms with Gasteiger partial charge in [-0.05, 0) is 24.1 Å². The Labute approximate surface area is 116 Å². The molecule has 20 heavy (non-hydrogen) atoms. The molecule has 0 bridgehead atoms. The van der Waals surface area contributed by atoms with E-state index in [-0.39, 0.29) is 11.4 Å². The second-order valence-corrected chi connectivity index (χ2v) is 4.31. The Balaban J connectivity index is 2.14.